The highest BCUT2D eigenvalue weighted by molar-refractivity contribution is 7.90. The van der Waals surface area contributed by atoms with Crippen molar-refractivity contribution in [1.82, 2.24) is 15.3 Å². The van der Waals surface area contributed by atoms with Crippen LogP contribution in [0, 0.1) is 0 Å². The summed E-state index contributed by atoms with van der Waals surface area (Å²) in [6, 6.07) is 9.01. The Bertz CT molecular complexity index is 1230. The summed E-state index contributed by atoms with van der Waals surface area (Å²) in [6.45, 7) is -0.128. The molecule has 0 unspecified atom stereocenters. The molecule has 0 aliphatic heterocycles. The topological polar surface area (TPSA) is 115 Å². The third-order valence-corrected chi connectivity index (χ3v) is 5.45. The maximum absolute atomic E-state index is 12.9. The Kier molecular flexibility index (Phi) is 6.49. The van der Waals surface area contributed by atoms with Crippen molar-refractivity contribution in [2.75, 3.05) is 24.3 Å². The monoisotopic (exact) mass is 464 g/mol. The van der Waals surface area contributed by atoms with E-state index in [4.69, 9.17) is 5.73 Å². The van der Waals surface area contributed by atoms with Crippen molar-refractivity contribution < 1.29 is 26.4 Å². The van der Waals surface area contributed by atoms with Crippen LogP contribution in [0.25, 0.3) is 22.5 Å². The molecule has 0 radical (unpaired) electrons. The quantitative estimate of drug-likeness (QED) is 0.579. The van der Waals surface area contributed by atoms with Crippen LogP contribution in [0.1, 0.15) is 15.9 Å². The second kappa shape index (κ2) is 8.95. The molecule has 0 saturated carbocycles. The van der Waals surface area contributed by atoms with Gasteiger partial charge in [0.25, 0.3) is 5.91 Å². The molecule has 7 nitrogen and oxygen atoms in total. The van der Waals surface area contributed by atoms with Crippen LogP contribution in [0.2, 0.25) is 0 Å². The number of rotatable bonds is 6. The lowest BCUT2D eigenvalue weighted by atomic mass is 10.0. The number of nitrogen functional groups attached to an aromatic ring is 1. The van der Waals surface area contributed by atoms with Gasteiger partial charge in [0, 0.05) is 36.3 Å². The highest BCUT2D eigenvalue weighted by Gasteiger charge is 2.30. The number of carbonyl (C=O) groups is 1. The number of pyridine rings is 2. The van der Waals surface area contributed by atoms with Crippen LogP contribution in [-0.4, -0.2) is 42.8 Å². The molecule has 0 bridgehead atoms. The lowest BCUT2D eigenvalue weighted by molar-refractivity contribution is -0.137. The lowest BCUT2D eigenvalue weighted by Crippen LogP contribution is -2.29. The number of anilines is 1. The second-order valence-electron chi connectivity index (χ2n) is 7.02. The van der Waals surface area contributed by atoms with Crippen LogP contribution in [0.4, 0.5) is 18.9 Å². The Balaban J connectivity index is 2.06. The van der Waals surface area contributed by atoms with Crippen LogP contribution in [0.15, 0.2) is 54.9 Å². The fourth-order valence-corrected chi connectivity index (χ4v) is 3.36. The van der Waals surface area contributed by atoms with Crippen molar-refractivity contribution in [3.05, 3.63) is 66.0 Å². The number of nitrogens with two attached hydrogens (primary N) is 1. The molecule has 0 atom stereocenters. The number of carbonyl (C=O) groups excluding carboxylic acids is 1. The summed E-state index contributed by atoms with van der Waals surface area (Å²) in [5.74, 6) is -0.892. The zero-order valence-electron chi connectivity index (χ0n) is 16.8. The van der Waals surface area contributed by atoms with Crippen LogP contribution in [-0.2, 0) is 16.0 Å². The number of alkyl halides is 3. The SMILES string of the molecule is CS(=O)(=O)CCNC(=O)c1cc(-c2ccc(C(F)(F)F)cc2)nc(-c2cccnc2)c1N. The summed E-state index contributed by atoms with van der Waals surface area (Å²) >= 11 is 0. The first-order valence-corrected chi connectivity index (χ1v) is 11.4. The van der Waals surface area contributed by atoms with Crippen molar-refractivity contribution in [3.8, 4) is 22.5 Å². The van der Waals surface area contributed by atoms with Gasteiger partial charge in [0.05, 0.1) is 34.0 Å². The predicted octanol–water partition coefficient (Wildman–Crippen LogP) is 3.19. The number of hydrogen-bond acceptors (Lipinski definition) is 6. The van der Waals surface area contributed by atoms with Crippen molar-refractivity contribution >= 4 is 21.4 Å². The lowest BCUT2D eigenvalue weighted by Gasteiger charge is -2.14. The average molecular weight is 464 g/mol. The van der Waals surface area contributed by atoms with Gasteiger partial charge in [0.1, 0.15) is 9.84 Å². The van der Waals surface area contributed by atoms with Crippen molar-refractivity contribution in [1.29, 1.82) is 0 Å². The summed E-state index contributed by atoms with van der Waals surface area (Å²) in [6.07, 6.45) is -0.416. The van der Waals surface area contributed by atoms with E-state index >= 15 is 0 Å². The Morgan fingerprint density at radius 1 is 1.12 bits per heavy atom. The van der Waals surface area contributed by atoms with Crippen molar-refractivity contribution in [2.45, 2.75) is 6.18 Å². The first kappa shape index (κ1) is 23.2. The highest BCUT2D eigenvalue weighted by atomic mass is 32.2. The van der Waals surface area contributed by atoms with E-state index < -0.39 is 27.5 Å². The molecule has 0 fully saturated rings. The van der Waals surface area contributed by atoms with E-state index in [-0.39, 0.29) is 34.9 Å². The average Bonchev–Trinajstić information content (AvgIpc) is 2.73. The number of halogens is 3. The van der Waals surface area contributed by atoms with Gasteiger partial charge in [-0.3, -0.25) is 9.78 Å². The van der Waals surface area contributed by atoms with Gasteiger partial charge in [-0.1, -0.05) is 12.1 Å². The van der Waals surface area contributed by atoms with Crippen LogP contribution in [0.3, 0.4) is 0 Å². The summed E-state index contributed by atoms with van der Waals surface area (Å²) in [4.78, 5) is 21.2. The van der Waals surface area contributed by atoms with Crippen molar-refractivity contribution in [2.24, 2.45) is 0 Å². The van der Waals surface area contributed by atoms with E-state index in [1.165, 1.54) is 30.6 Å². The Morgan fingerprint density at radius 3 is 2.38 bits per heavy atom. The first-order valence-electron chi connectivity index (χ1n) is 9.30. The number of nitrogens with one attached hydrogen (secondary N) is 1. The minimum Gasteiger partial charge on any atom is -0.396 e. The molecule has 2 heterocycles. The maximum atomic E-state index is 12.9. The van der Waals surface area contributed by atoms with Gasteiger partial charge in [0.2, 0.25) is 0 Å². The van der Waals surface area contributed by atoms with Crippen LogP contribution < -0.4 is 11.1 Å². The fourth-order valence-electron chi connectivity index (χ4n) is 2.89. The van der Waals surface area contributed by atoms with Crippen molar-refractivity contribution in [3.63, 3.8) is 0 Å². The third-order valence-electron chi connectivity index (χ3n) is 4.50. The molecule has 3 N–H and O–H groups in total. The summed E-state index contributed by atoms with van der Waals surface area (Å²) in [5, 5.41) is 2.49. The number of sulfone groups is 1. The molecule has 2 aromatic heterocycles. The van der Waals surface area contributed by atoms with E-state index in [0.29, 0.717) is 11.1 Å². The molecule has 11 heteroatoms. The van der Waals surface area contributed by atoms with Gasteiger partial charge in [-0.2, -0.15) is 13.2 Å². The predicted molar refractivity (Wildman–Crippen MR) is 114 cm³/mol. The highest BCUT2D eigenvalue weighted by Crippen LogP contribution is 2.33. The molecule has 0 spiro atoms. The van der Waals surface area contributed by atoms with E-state index in [1.54, 1.807) is 12.1 Å². The van der Waals surface area contributed by atoms with E-state index in [2.05, 4.69) is 15.3 Å². The molecule has 0 saturated heterocycles. The smallest absolute Gasteiger partial charge is 0.396 e. The van der Waals surface area contributed by atoms with Gasteiger partial charge in [-0.05, 0) is 30.3 Å². The van der Waals surface area contributed by atoms with E-state index in [0.717, 1.165) is 18.4 Å². The Labute approximate surface area is 182 Å². The normalized spacial score (nSPS) is 11.9. The van der Waals surface area contributed by atoms with Gasteiger partial charge in [0.15, 0.2) is 0 Å². The Hall–Kier alpha value is -3.47. The Morgan fingerprint density at radius 2 is 1.81 bits per heavy atom. The van der Waals surface area contributed by atoms with Crippen LogP contribution in [0.5, 0.6) is 0 Å². The minimum atomic E-state index is -4.49. The van der Waals surface area contributed by atoms with Gasteiger partial charge >= 0.3 is 6.18 Å². The standard InChI is InChI=1S/C21H19F3N4O3S/c1-32(30,31)10-9-27-20(29)16-11-17(13-4-6-15(7-5-13)21(22,23)24)28-19(18(16)25)14-3-2-8-26-12-14/h2-8,11-12H,9-10,25H2,1H3,(H,27,29). The number of aromatic nitrogens is 2. The molecule has 3 rings (SSSR count). The molecular formula is C21H19F3N4O3S. The fraction of sp³-hybridized carbons (Fsp3) is 0.190. The molecule has 0 aliphatic carbocycles. The largest absolute Gasteiger partial charge is 0.416 e. The molecule has 3 aromatic rings. The number of amides is 1. The van der Waals surface area contributed by atoms with Gasteiger partial charge in [-0.15, -0.1) is 0 Å². The van der Waals surface area contributed by atoms with Crippen LogP contribution >= 0.6 is 0 Å². The molecule has 168 valence electrons. The van der Waals surface area contributed by atoms with Gasteiger partial charge < -0.3 is 11.1 Å². The number of benzene rings is 1. The molecule has 0 aliphatic rings. The zero-order valence-corrected chi connectivity index (χ0v) is 17.7. The van der Waals surface area contributed by atoms with E-state index in [1.807, 2.05) is 0 Å². The van der Waals surface area contributed by atoms with E-state index in [9.17, 15) is 26.4 Å². The number of nitrogens with zero attached hydrogens (tertiary/aromatic N) is 2. The van der Waals surface area contributed by atoms with Gasteiger partial charge in [-0.25, -0.2) is 13.4 Å². The maximum Gasteiger partial charge on any atom is 0.416 e. The summed E-state index contributed by atoms with van der Waals surface area (Å²) < 4.78 is 61.3. The number of hydrogen-bond donors (Lipinski definition) is 2. The molecule has 1 amide bonds. The third kappa shape index (κ3) is 5.61. The summed E-state index contributed by atoms with van der Waals surface area (Å²) in [7, 11) is -3.29. The zero-order chi connectivity index (χ0) is 23.5. The molecule has 32 heavy (non-hydrogen) atoms. The first-order chi connectivity index (χ1) is 15.0. The molecule has 1 aromatic carbocycles. The minimum absolute atomic E-state index is 0.0160. The summed E-state index contributed by atoms with van der Waals surface area (Å²) in [5.41, 5.74) is 6.71. The second-order valence-corrected chi connectivity index (χ2v) is 9.28. The molecular weight excluding hydrogens is 445 g/mol.